The van der Waals surface area contributed by atoms with E-state index in [1.807, 2.05) is 18.2 Å². The van der Waals surface area contributed by atoms with E-state index in [0.29, 0.717) is 11.1 Å². The monoisotopic (exact) mass is 440 g/mol. The van der Waals surface area contributed by atoms with Crippen LogP contribution in [-0.4, -0.2) is 44.8 Å². The number of hydrogen-bond acceptors (Lipinski definition) is 3. The molecule has 0 fully saturated rings. The Hall–Kier alpha value is -0.884. The Balaban J connectivity index is 3.66. The topological polar surface area (TPSA) is 43.4 Å². The van der Waals surface area contributed by atoms with Crippen molar-refractivity contribution in [2.75, 3.05) is 6.61 Å². The predicted octanol–water partition coefficient (Wildman–Crippen LogP) is 4.48. The molecule has 0 bridgehead atoms. The van der Waals surface area contributed by atoms with Crippen LogP contribution >= 0.6 is 0 Å². The van der Waals surface area contributed by atoms with E-state index in [-0.39, 0.29) is 12.4 Å². The molecule has 23 heavy (non-hydrogen) atoms. The second-order valence-corrected chi connectivity index (χ2v) is 28.4. The van der Waals surface area contributed by atoms with Crippen molar-refractivity contribution in [1.82, 2.24) is 0 Å². The van der Waals surface area contributed by atoms with Crippen LogP contribution in [0.3, 0.4) is 0 Å². The first-order chi connectivity index (χ1) is 10.5. The van der Waals surface area contributed by atoms with Crippen LogP contribution in [0, 0.1) is 0 Å². The van der Waals surface area contributed by atoms with E-state index in [1.54, 1.807) is 19.1 Å². The second kappa shape index (κ2) is 7.79. The Morgan fingerprint density at radius 2 is 1.57 bits per heavy atom. The van der Waals surface area contributed by atoms with E-state index < -0.39 is 32.4 Å². The molecule has 0 heterocycles. The zero-order chi connectivity index (χ0) is 17.8. The molecule has 0 atom stereocenters. The number of hydrogen-bond donors (Lipinski definition) is 0. The summed E-state index contributed by atoms with van der Waals surface area (Å²) >= 11 is -2.66. The molecule has 0 aliphatic rings. The van der Waals surface area contributed by atoms with Crippen molar-refractivity contribution in [3.05, 3.63) is 44.7 Å². The van der Waals surface area contributed by atoms with Gasteiger partial charge >= 0.3 is 145 Å². The van der Waals surface area contributed by atoms with Crippen LogP contribution in [0.2, 0.25) is 34.5 Å². The Labute approximate surface area is 145 Å². The molecule has 0 N–H and O–H groups in total. The van der Waals surface area contributed by atoms with Gasteiger partial charge in [0.15, 0.2) is 0 Å². The predicted molar refractivity (Wildman–Crippen MR) is 101 cm³/mol. The quantitative estimate of drug-likeness (QED) is 0.164. The molecule has 5 heteroatoms. The van der Waals surface area contributed by atoms with Crippen molar-refractivity contribution >= 4 is 38.2 Å². The molecule has 0 spiro atoms. The maximum absolute atomic E-state index is 13.1. The third-order valence-electron chi connectivity index (χ3n) is 3.49. The van der Waals surface area contributed by atoms with Crippen LogP contribution in [0.5, 0.6) is 0 Å². The second-order valence-electron chi connectivity index (χ2n) is 7.67. The van der Waals surface area contributed by atoms with Crippen LogP contribution in [0.15, 0.2) is 39.1 Å². The summed E-state index contributed by atoms with van der Waals surface area (Å²) in [5.41, 5.74) is 0.877. The summed E-state index contributed by atoms with van der Waals surface area (Å²) in [4.78, 5) is 32.5. The van der Waals surface area contributed by atoms with E-state index in [9.17, 15) is 9.59 Å². The van der Waals surface area contributed by atoms with E-state index >= 15 is 0 Å². The Bertz CT molecular complexity index is 591. The third-order valence-corrected chi connectivity index (χ3v) is 21.7. The number of ketones is 1. The van der Waals surface area contributed by atoms with Gasteiger partial charge in [0.25, 0.3) is 0 Å². The fraction of sp³-hybridized carbons (Fsp3) is 0.444. The molecule has 0 radical (unpaired) electrons. The molecule has 1 aromatic carbocycles. The Kier molecular flexibility index (Phi) is 6.83. The minimum atomic E-state index is -2.66. The van der Waals surface area contributed by atoms with Gasteiger partial charge in [0.2, 0.25) is 0 Å². The summed E-state index contributed by atoms with van der Waals surface area (Å²) in [6, 6.07) is 9.05. The fourth-order valence-electron chi connectivity index (χ4n) is 3.12. The van der Waals surface area contributed by atoms with Crippen molar-refractivity contribution in [2.24, 2.45) is 0 Å². The van der Waals surface area contributed by atoms with Crippen LogP contribution in [0.1, 0.15) is 17.3 Å². The number of Topliss-reactive ketones (excluding diaryl/α,β-unsaturated/α-hetero) is 1. The molecule has 0 aliphatic heterocycles. The molecular weight excluding hydrogens is 411 g/mol. The van der Waals surface area contributed by atoms with Crippen LogP contribution < -0.4 is 0 Å². The maximum atomic E-state index is 13.1. The van der Waals surface area contributed by atoms with E-state index in [1.165, 1.54) is 3.21 Å². The summed E-state index contributed by atoms with van der Waals surface area (Å²) in [5.74, 6) is -0.640. The first-order valence-electron chi connectivity index (χ1n) is 8.02. The normalized spacial score (nSPS) is 13.3. The van der Waals surface area contributed by atoms with Crippen molar-refractivity contribution in [3.63, 3.8) is 0 Å². The van der Waals surface area contributed by atoms with Gasteiger partial charge in [-0.2, -0.15) is 0 Å². The standard InChI is InChI=1S/C15H19O3Si.3CH3.Sn/c1-5-18-15(17)13(11-19(2,3)4)14(16)12-9-7-6-8-10-12;;;;/h6-10H,5H2,1-4H3;3*1H3;. The number of carbonyl (C=O) groups is 2. The molecule has 1 rings (SSSR count). The summed E-state index contributed by atoms with van der Waals surface area (Å²) in [7, 11) is -1.82. The van der Waals surface area contributed by atoms with Gasteiger partial charge < -0.3 is 0 Å². The molecule has 126 valence electrons. The number of ether oxygens (including phenoxy) is 1. The molecule has 0 amide bonds. The number of carbonyl (C=O) groups excluding carboxylic acids is 2. The minimum absolute atomic E-state index is 0.187. The van der Waals surface area contributed by atoms with Gasteiger partial charge in [0.05, 0.1) is 0 Å². The van der Waals surface area contributed by atoms with Crippen LogP contribution in [0.4, 0.5) is 0 Å². The zero-order valence-corrected chi connectivity index (χ0v) is 19.2. The molecular formula is C18H28O3SiSn. The SMILES string of the molecule is CCOC(=O)/C(C(=O)c1ccccc1)=[C](\[Si](C)(C)C)[Sn]([CH3])([CH3])[CH3]. The Morgan fingerprint density at radius 3 is 1.96 bits per heavy atom. The van der Waals surface area contributed by atoms with E-state index in [0.717, 1.165) is 0 Å². The zero-order valence-electron chi connectivity index (χ0n) is 15.3. The molecule has 0 saturated heterocycles. The molecule has 0 aliphatic carbocycles. The summed E-state index contributed by atoms with van der Waals surface area (Å²) in [6.45, 7) is 8.69. The van der Waals surface area contributed by atoms with Crippen molar-refractivity contribution in [1.29, 1.82) is 0 Å². The summed E-state index contributed by atoms with van der Waals surface area (Å²) < 4.78 is 6.42. The average Bonchev–Trinajstić information content (AvgIpc) is 2.42. The van der Waals surface area contributed by atoms with Crippen molar-refractivity contribution in [2.45, 2.75) is 41.4 Å². The fourth-order valence-corrected chi connectivity index (χ4v) is 28.4. The molecule has 1 aromatic rings. The molecule has 0 saturated carbocycles. The third kappa shape index (κ3) is 5.31. The number of rotatable bonds is 6. The van der Waals surface area contributed by atoms with Gasteiger partial charge in [-0.1, -0.05) is 0 Å². The van der Waals surface area contributed by atoms with E-state index in [2.05, 4.69) is 34.5 Å². The van der Waals surface area contributed by atoms with Crippen molar-refractivity contribution < 1.29 is 14.3 Å². The van der Waals surface area contributed by atoms with Crippen LogP contribution in [0.25, 0.3) is 0 Å². The summed E-state index contributed by atoms with van der Waals surface area (Å²) in [6.07, 6.45) is 0. The first kappa shape index (κ1) is 20.2. The number of esters is 1. The van der Waals surface area contributed by atoms with Gasteiger partial charge in [-0.15, -0.1) is 0 Å². The van der Waals surface area contributed by atoms with Gasteiger partial charge in [-0.05, 0) is 0 Å². The summed E-state index contributed by atoms with van der Waals surface area (Å²) in [5, 5.41) is 0. The average molecular weight is 439 g/mol. The molecule has 0 aromatic heterocycles. The van der Waals surface area contributed by atoms with E-state index in [4.69, 9.17) is 4.74 Å². The van der Waals surface area contributed by atoms with Gasteiger partial charge in [0.1, 0.15) is 0 Å². The number of benzene rings is 1. The van der Waals surface area contributed by atoms with Gasteiger partial charge in [-0.3, -0.25) is 0 Å². The van der Waals surface area contributed by atoms with Crippen molar-refractivity contribution in [3.8, 4) is 0 Å². The van der Waals surface area contributed by atoms with Gasteiger partial charge in [0, 0.05) is 0 Å². The van der Waals surface area contributed by atoms with Gasteiger partial charge in [-0.25, -0.2) is 0 Å². The Morgan fingerprint density at radius 1 is 1.04 bits per heavy atom. The first-order valence-corrected chi connectivity index (χ1v) is 21.5. The molecule has 3 nitrogen and oxygen atoms in total. The molecule has 0 unspecified atom stereocenters. The van der Waals surface area contributed by atoms with Crippen LogP contribution in [-0.2, 0) is 9.53 Å².